The van der Waals surface area contributed by atoms with Gasteiger partial charge in [-0.25, -0.2) is 19.9 Å². The first kappa shape index (κ1) is 16.8. The molecule has 4 heterocycles. The number of aryl methyl sites for hydroxylation is 1. The number of anilines is 1. The van der Waals surface area contributed by atoms with Gasteiger partial charge in [-0.05, 0) is 38.3 Å². The van der Waals surface area contributed by atoms with Crippen LogP contribution in [0, 0.1) is 6.92 Å². The molecule has 0 radical (unpaired) electrons. The Morgan fingerprint density at radius 3 is 3.00 bits per heavy atom. The topological polar surface area (TPSA) is 97.9 Å². The van der Waals surface area contributed by atoms with E-state index in [9.17, 15) is 4.79 Å². The molecule has 3 aromatic rings. The Kier molecular flexibility index (Phi) is 4.50. The summed E-state index contributed by atoms with van der Waals surface area (Å²) in [7, 11) is 0. The number of hydrogen-bond donors (Lipinski definition) is 1. The molecule has 1 amide bonds. The van der Waals surface area contributed by atoms with Crippen molar-refractivity contribution in [3.63, 3.8) is 0 Å². The van der Waals surface area contributed by atoms with Crippen LogP contribution >= 0.6 is 11.3 Å². The third-order valence-corrected chi connectivity index (χ3v) is 5.54. The van der Waals surface area contributed by atoms with Crippen molar-refractivity contribution >= 4 is 34.1 Å². The van der Waals surface area contributed by atoms with E-state index in [1.165, 1.54) is 6.33 Å². The number of hydrogen-bond acceptors (Lipinski definition) is 7. The Labute approximate surface area is 155 Å². The standard InChI is InChI=1S/C18H20N6OS/c1-11-22-12(9-26-11)8-16(25)24-7-3-2-4-15(24)14-6-5-13-17(19)20-10-21-18(13)23-14/h5-6,9-10,15H,2-4,7-8H2,1H3,(H2,19,20,21,23)/t15-/m1/s1. The molecule has 0 saturated carbocycles. The third-order valence-electron chi connectivity index (χ3n) is 4.71. The van der Waals surface area contributed by atoms with Crippen molar-refractivity contribution in [2.75, 3.05) is 12.3 Å². The molecular weight excluding hydrogens is 348 g/mol. The number of nitrogen functional groups attached to an aromatic ring is 1. The third kappa shape index (κ3) is 3.24. The van der Waals surface area contributed by atoms with Crippen molar-refractivity contribution < 1.29 is 4.79 Å². The second-order valence-corrected chi connectivity index (χ2v) is 7.56. The van der Waals surface area contributed by atoms with Crippen LogP contribution in [0.3, 0.4) is 0 Å². The van der Waals surface area contributed by atoms with E-state index in [4.69, 9.17) is 5.73 Å². The van der Waals surface area contributed by atoms with Gasteiger partial charge in [0.15, 0.2) is 5.65 Å². The molecule has 1 aliphatic heterocycles. The number of carbonyl (C=O) groups is 1. The predicted molar refractivity (Wildman–Crippen MR) is 101 cm³/mol. The van der Waals surface area contributed by atoms with Gasteiger partial charge in [-0.1, -0.05) is 0 Å². The molecule has 1 aliphatic rings. The molecule has 4 rings (SSSR count). The smallest absolute Gasteiger partial charge is 0.229 e. The van der Waals surface area contributed by atoms with Crippen LogP contribution in [0.4, 0.5) is 5.82 Å². The van der Waals surface area contributed by atoms with Gasteiger partial charge in [0.05, 0.1) is 34.2 Å². The zero-order valence-corrected chi connectivity index (χ0v) is 15.4. The highest BCUT2D eigenvalue weighted by atomic mass is 32.1. The quantitative estimate of drug-likeness (QED) is 0.763. The van der Waals surface area contributed by atoms with E-state index in [0.717, 1.165) is 47.6 Å². The van der Waals surface area contributed by atoms with Crippen LogP contribution < -0.4 is 5.73 Å². The van der Waals surface area contributed by atoms with Crippen LogP contribution in [0.25, 0.3) is 11.0 Å². The first-order valence-electron chi connectivity index (χ1n) is 8.69. The Hall–Kier alpha value is -2.61. The molecule has 2 N–H and O–H groups in total. The summed E-state index contributed by atoms with van der Waals surface area (Å²) in [6.45, 7) is 2.70. The number of pyridine rings is 1. The van der Waals surface area contributed by atoms with E-state index in [0.29, 0.717) is 17.9 Å². The minimum atomic E-state index is -0.0310. The summed E-state index contributed by atoms with van der Waals surface area (Å²) in [4.78, 5) is 32.1. The van der Waals surface area contributed by atoms with Gasteiger partial charge >= 0.3 is 0 Å². The van der Waals surface area contributed by atoms with Gasteiger partial charge in [0.2, 0.25) is 5.91 Å². The maximum atomic E-state index is 12.9. The molecule has 134 valence electrons. The van der Waals surface area contributed by atoms with Gasteiger partial charge in [0, 0.05) is 11.9 Å². The number of carbonyl (C=O) groups excluding carboxylic acids is 1. The summed E-state index contributed by atoms with van der Waals surface area (Å²) in [5.41, 5.74) is 8.16. The molecule has 0 unspecified atom stereocenters. The van der Waals surface area contributed by atoms with Crippen LogP contribution in [0.2, 0.25) is 0 Å². The highest BCUT2D eigenvalue weighted by molar-refractivity contribution is 7.09. The summed E-state index contributed by atoms with van der Waals surface area (Å²) in [6.07, 6.45) is 4.75. The van der Waals surface area contributed by atoms with Crippen molar-refractivity contribution in [3.05, 3.63) is 40.2 Å². The predicted octanol–water partition coefficient (Wildman–Crippen LogP) is 2.67. The van der Waals surface area contributed by atoms with E-state index in [1.807, 2.05) is 29.3 Å². The van der Waals surface area contributed by atoms with E-state index < -0.39 is 0 Å². The average Bonchev–Trinajstić information content (AvgIpc) is 3.06. The molecule has 0 aliphatic carbocycles. The molecule has 1 fully saturated rings. The van der Waals surface area contributed by atoms with Gasteiger partial charge in [-0.2, -0.15) is 0 Å². The van der Waals surface area contributed by atoms with Crippen LogP contribution in [0.5, 0.6) is 0 Å². The highest BCUT2D eigenvalue weighted by Crippen LogP contribution is 2.31. The van der Waals surface area contributed by atoms with Gasteiger partial charge in [0.25, 0.3) is 0 Å². The normalized spacial score (nSPS) is 17.6. The lowest BCUT2D eigenvalue weighted by atomic mass is 9.98. The fourth-order valence-corrected chi connectivity index (χ4v) is 4.06. The summed E-state index contributed by atoms with van der Waals surface area (Å²) in [6, 6.07) is 3.80. The van der Waals surface area contributed by atoms with Crippen molar-refractivity contribution in [2.24, 2.45) is 0 Å². The first-order chi connectivity index (χ1) is 12.6. The van der Waals surface area contributed by atoms with Crippen molar-refractivity contribution in [3.8, 4) is 0 Å². The Bertz CT molecular complexity index is 956. The maximum Gasteiger partial charge on any atom is 0.229 e. The lowest BCUT2D eigenvalue weighted by molar-refractivity contribution is -0.134. The molecule has 26 heavy (non-hydrogen) atoms. The van der Waals surface area contributed by atoms with Gasteiger partial charge in [-0.3, -0.25) is 4.79 Å². The highest BCUT2D eigenvalue weighted by Gasteiger charge is 2.29. The SMILES string of the molecule is Cc1nc(CC(=O)N2CCCC[C@@H]2c2ccc3c(N)ncnc3n2)cs1. The van der Waals surface area contributed by atoms with Crippen molar-refractivity contribution in [1.82, 2.24) is 24.8 Å². The molecule has 7 nitrogen and oxygen atoms in total. The molecule has 0 aromatic carbocycles. The summed E-state index contributed by atoms with van der Waals surface area (Å²) >= 11 is 1.57. The van der Waals surface area contributed by atoms with E-state index >= 15 is 0 Å². The van der Waals surface area contributed by atoms with Gasteiger partial charge in [0.1, 0.15) is 12.1 Å². The lowest BCUT2D eigenvalue weighted by Gasteiger charge is -2.35. The Morgan fingerprint density at radius 1 is 1.31 bits per heavy atom. The molecule has 0 bridgehead atoms. The molecule has 8 heteroatoms. The Balaban J connectivity index is 1.61. The van der Waals surface area contributed by atoms with Crippen molar-refractivity contribution in [2.45, 2.75) is 38.6 Å². The minimum Gasteiger partial charge on any atom is -0.383 e. The summed E-state index contributed by atoms with van der Waals surface area (Å²) in [5, 5.41) is 3.68. The molecular formula is C18H20N6OS. The number of aromatic nitrogens is 4. The number of amides is 1. The van der Waals surface area contributed by atoms with Gasteiger partial charge < -0.3 is 10.6 Å². The van der Waals surface area contributed by atoms with Crippen LogP contribution in [0.15, 0.2) is 23.8 Å². The zero-order valence-electron chi connectivity index (χ0n) is 14.6. The first-order valence-corrected chi connectivity index (χ1v) is 9.57. The number of nitrogens with two attached hydrogens (primary N) is 1. The molecule has 3 aromatic heterocycles. The van der Waals surface area contributed by atoms with E-state index in [1.54, 1.807) is 11.3 Å². The lowest BCUT2D eigenvalue weighted by Crippen LogP contribution is -2.39. The fourth-order valence-electron chi connectivity index (χ4n) is 3.45. The van der Waals surface area contributed by atoms with Crippen LogP contribution in [-0.4, -0.2) is 37.3 Å². The zero-order chi connectivity index (χ0) is 18.1. The van der Waals surface area contributed by atoms with Crippen molar-refractivity contribution in [1.29, 1.82) is 0 Å². The second kappa shape index (κ2) is 6.95. The second-order valence-electron chi connectivity index (χ2n) is 6.50. The fraction of sp³-hybridized carbons (Fsp3) is 0.389. The van der Waals surface area contributed by atoms with Crippen LogP contribution in [-0.2, 0) is 11.2 Å². The monoisotopic (exact) mass is 368 g/mol. The number of fused-ring (bicyclic) bond motifs is 1. The summed E-state index contributed by atoms with van der Waals surface area (Å²) < 4.78 is 0. The number of thiazole rings is 1. The minimum absolute atomic E-state index is 0.0310. The number of likely N-dealkylation sites (tertiary alicyclic amines) is 1. The molecule has 1 saturated heterocycles. The Morgan fingerprint density at radius 2 is 2.19 bits per heavy atom. The van der Waals surface area contributed by atoms with Gasteiger partial charge in [-0.15, -0.1) is 11.3 Å². The molecule has 0 spiro atoms. The maximum absolute atomic E-state index is 12.9. The van der Waals surface area contributed by atoms with E-state index in [-0.39, 0.29) is 11.9 Å². The average molecular weight is 368 g/mol. The number of nitrogens with zero attached hydrogens (tertiary/aromatic N) is 5. The van der Waals surface area contributed by atoms with Crippen LogP contribution in [0.1, 0.15) is 41.7 Å². The molecule has 1 atom stereocenters. The van der Waals surface area contributed by atoms with E-state index in [2.05, 4.69) is 19.9 Å². The number of piperidine rings is 1. The number of rotatable bonds is 3. The largest absolute Gasteiger partial charge is 0.383 e. The summed E-state index contributed by atoms with van der Waals surface area (Å²) in [5.74, 6) is 0.522.